The number of likely N-dealkylation sites (N-methyl/N-ethyl adjacent to an activating group) is 1. The molecule has 0 aliphatic carbocycles. The van der Waals surface area contributed by atoms with Gasteiger partial charge in [0.2, 0.25) is 5.82 Å². The Kier molecular flexibility index (Phi) is 4.90. The average Bonchev–Trinajstić information content (AvgIpc) is 3.06. The third-order valence-electron chi connectivity index (χ3n) is 3.48. The predicted octanol–water partition coefficient (Wildman–Crippen LogP) is 0.971. The Bertz CT molecular complexity index is 411. The molecular formula is C13H23N5O. The third-order valence-corrected chi connectivity index (χ3v) is 3.48. The number of nitrogens with zero attached hydrogens (tertiary/aromatic N) is 3. The first-order valence-corrected chi connectivity index (χ1v) is 7.18. The first-order chi connectivity index (χ1) is 9.24. The van der Waals surface area contributed by atoms with Crippen LogP contribution in [0, 0.1) is 0 Å². The molecule has 1 aliphatic heterocycles. The fraction of sp³-hybridized carbons (Fsp3) is 0.769. The number of carbonyl (C=O) groups excluding carboxylic acids is 1. The Balaban J connectivity index is 1.97. The highest BCUT2D eigenvalue weighted by atomic mass is 16.2. The van der Waals surface area contributed by atoms with E-state index in [-0.39, 0.29) is 5.91 Å². The molecule has 1 aromatic heterocycles. The molecule has 0 aromatic carbocycles. The van der Waals surface area contributed by atoms with Crippen LogP contribution < -0.4 is 5.32 Å². The van der Waals surface area contributed by atoms with E-state index in [4.69, 9.17) is 0 Å². The van der Waals surface area contributed by atoms with Crippen molar-refractivity contribution in [1.29, 1.82) is 0 Å². The SMILES string of the molecule is CCCc1nc(C(=O)N(CC)CC2CCCN2)n[nH]1. The summed E-state index contributed by atoms with van der Waals surface area (Å²) in [5, 5.41) is 10.3. The van der Waals surface area contributed by atoms with E-state index in [1.165, 1.54) is 6.42 Å². The smallest absolute Gasteiger partial charge is 0.293 e. The summed E-state index contributed by atoms with van der Waals surface area (Å²) < 4.78 is 0. The van der Waals surface area contributed by atoms with Crippen LogP contribution >= 0.6 is 0 Å². The van der Waals surface area contributed by atoms with Crippen LogP contribution in [0.5, 0.6) is 0 Å². The quantitative estimate of drug-likeness (QED) is 0.804. The van der Waals surface area contributed by atoms with Crippen LogP contribution in [0.15, 0.2) is 0 Å². The van der Waals surface area contributed by atoms with Crippen molar-refractivity contribution in [3.05, 3.63) is 11.6 Å². The van der Waals surface area contributed by atoms with Gasteiger partial charge in [0.05, 0.1) is 0 Å². The molecule has 1 aromatic rings. The molecule has 1 amide bonds. The number of hydrogen-bond acceptors (Lipinski definition) is 4. The summed E-state index contributed by atoms with van der Waals surface area (Å²) in [6, 6.07) is 0.415. The van der Waals surface area contributed by atoms with Crippen molar-refractivity contribution in [3.63, 3.8) is 0 Å². The van der Waals surface area contributed by atoms with E-state index < -0.39 is 0 Å². The fourth-order valence-corrected chi connectivity index (χ4v) is 2.42. The Morgan fingerprint density at radius 1 is 1.47 bits per heavy atom. The van der Waals surface area contributed by atoms with Crippen LogP contribution in [0.25, 0.3) is 0 Å². The predicted molar refractivity (Wildman–Crippen MR) is 73.0 cm³/mol. The second kappa shape index (κ2) is 6.65. The monoisotopic (exact) mass is 265 g/mol. The van der Waals surface area contributed by atoms with Crippen LogP contribution in [0.2, 0.25) is 0 Å². The number of aromatic amines is 1. The molecule has 0 spiro atoms. The minimum absolute atomic E-state index is 0.0743. The molecule has 1 saturated heterocycles. The Morgan fingerprint density at radius 3 is 2.95 bits per heavy atom. The highest BCUT2D eigenvalue weighted by Crippen LogP contribution is 2.09. The molecule has 2 heterocycles. The van der Waals surface area contributed by atoms with Crippen molar-refractivity contribution in [3.8, 4) is 0 Å². The van der Waals surface area contributed by atoms with Crippen LogP contribution in [0.4, 0.5) is 0 Å². The normalized spacial score (nSPS) is 18.7. The number of H-pyrrole nitrogens is 1. The van der Waals surface area contributed by atoms with E-state index in [1.54, 1.807) is 0 Å². The lowest BCUT2D eigenvalue weighted by atomic mass is 10.2. The molecule has 106 valence electrons. The highest BCUT2D eigenvalue weighted by Gasteiger charge is 2.23. The van der Waals surface area contributed by atoms with Gasteiger partial charge >= 0.3 is 0 Å². The number of carbonyl (C=O) groups is 1. The Morgan fingerprint density at radius 2 is 2.32 bits per heavy atom. The van der Waals surface area contributed by atoms with Gasteiger partial charge in [-0.2, -0.15) is 0 Å². The summed E-state index contributed by atoms with van der Waals surface area (Å²) in [7, 11) is 0. The van der Waals surface area contributed by atoms with Crippen LogP contribution in [-0.4, -0.2) is 51.7 Å². The Hall–Kier alpha value is -1.43. The summed E-state index contributed by atoms with van der Waals surface area (Å²) in [6.45, 7) is 6.56. The summed E-state index contributed by atoms with van der Waals surface area (Å²) in [5.74, 6) is 1.01. The van der Waals surface area contributed by atoms with Gasteiger partial charge in [0, 0.05) is 25.6 Å². The van der Waals surface area contributed by atoms with Gasteiger partial charge in [-0.05, 0) is 32.7 Å². The van der Waals surface area contributed by atoms with E-state index in [0.717, 1.165) is 38.2 Å². The van der Waals surface area contributed by atoms with Gasteiger partial charge < -0.3 is 10.2 Å². The molecule has 1 fully saturated rings. The lowest BCUT2D eigenvalue weighted by Gasteiger charge is -2.23. The van der Waals surface area contributed by atoms with Gasteiger partial charge in [-0.15, -0.1) is 5.10 Å². The maximum Gasteiger partial charge on any atom is 0.293 e. The minimum Gasteiger partial charge on any atom is -0.335 e. The van der Waals surface area contributed by atoms with Gasteiger partial charge in [0.25, 0.3) is 5.91 Å². The molecule has 19 heavy (non-hydrogen) atoms. The van der Waals surface area contributed by atoms with Crippen molar-refractivity contribution >= 4 is 5.91 Å². The summed E-state index contributed by atoms with van der Waals surface area (Å²) in [5.41, 5.74) is 0. The Labute approximate surface area is 114 Å². The highest BCUT2D eigenvalue weighted by molar-refractivity contribution is 5.90. The first-order valence-electron chi connectivity index (χ1n) is 7.18. The number of aryl methyl sites for hydroxylation is 1. The fourth-order valence-electron chi connectivity index (χ4n) is 2.42. The number of aromatic nitrogens is 3. The van der Waals surface area contributed by atoms with Crippen molar-refractivity contribution in [1.82, 2.24) is 25.4 Å². The largest absolute Gasteiger partial charge is 0.335 e. The molecule has 6 nitrogen and oxygen atoms in total. The molecule has 0 radical (unpaired) electrons. The first kappa shape index (κ1) is 14.0. The minimum atomic E-state index is -0.0743. The van der Waals surface area contributed by atoms with Crippen LogP contribution in [0.3, 0.4) is 0 Å². The summed E-state index contributed by atoms with van der Waals surface area (Å²) >= 11 is 0. The molecule has 0 saturated carbocycles. The second-order valence-corrected chi connectivity index (χ2v) is 4.99. The van der Waals surface area contributed by atoms with E-state index in [0.29, 0.717) is 18.4 Å². The zero-order valence-corrected chi connectivity index (χ0v) is 11.8. The molecule has 1 unspecified atom stereocenters. The average molecular weight is 265 g/mol. The molecule has 1 atom stereocenters. The summed E-state index contributed by atoms with van der Waals surface area (Å²) in [6.07, 6.45) is 4.15. The van der Waals surface area contributed by atoms with Crippen LogP contribution in [0.1, 0.15) is 49.6 Å². The lowest BCUT2D eigenvalue weighted by Crippen LogP contribution is -2.41. The summed E-state index contributed by atoms with van der Waals surface area (Å²) in [4.78, 5) is 18.4. The van der Waals surface area contributed by atoms with Gasteiger partial charge in [0.1, 0.15) is 5.82 Å². The maximum atomic E-state index is 12.3. The number of rotatable bonds is 6. The number of nitrogens with one attached hydrogen (secondary N) is 2. The van der Waals surface area contributed by atoms with Crippen molar-refractivity contribution < 1.29 is 4.79 Å². The topological polar surface area (TPSA) is 73.9 Å². The second-order valence-electron chi connectivity index (χ2n) is 4.99. The molecule has 2 N–H and O–H groups in total. The standard InChI is InChI=1S/C13H23N5O/c1-3-6-11-15-12(17-16-11)13(19)18(4-2)9-10-7-5-8-14-10/h10,14H,3-9H2,1-2H3,(H,15,16,17). The van der Waals surface area contributed by atoms with Gasteiger partial charge in [-0.1, -0.05) is 6.92 Å². The van der Waals surface area contributed by atoms with E-state index in [9.17, 15) is 4.79 Å². The lowest BCUT2D eigenvalue weighted by molar-refractivity contribution is 0.0739. The maximum absolute atomic E-state index is 12.3. The van der Waals surface area contributed by atoms with Crippen LogP contribution in [-0.2, 0) is 6.42 Å². The molecule has 6 heteroatoms. The van der Waals surface area contributed by atoms with E-state index >= 15 is 0 Å². The number of hydrogen-bond donors (Lipinski definition) is 2. The molecule has 1 aliphatic rings. The van der Waals surface area contributed by atoms with Gasteiger partial charge in [-0.25, -0.2) is 4.98 Å². The molecular weight excluding hydrogens is 242 g/mol. The van der Waals surface area contributed by atoms with Gasteiger partial charge in [-0.3, -0.25) is 9.89 Å². The zero-order chi connectivity index (χ0) is 13.7. The number of amides is 1. The van der Waals surface area contributed by atoms with E-state index in [2.05, 4.69) is 27.4 Å². The van der Waals surface area contributed by atoms with E-state index in [1.807, 2.05) is 11.8 Å². The third kappa shape index (κ3) is 3.53. The molecule has 0 bridgehead atoms. The van der Waals surface area contributed by atoms with Crippen molar-refractivity contribution in [2.45, 2.75) is 45.6 Å². The van der Waals surface area contributed by atoms with Crippen molar-refractivity contribution in [2.24, 2.45) is 0 Å². The zero-order valence-electron chi connectivity index (χ0n) is 11.8. The van der Waals surface area contributed by atoms with Gasteiger partial charge in [0.15, 0.2) is 0 Å². The van der Waals surface area contributed by atoms with Crippen molar-refractivity contribution in [2.75, 3.05) is 19.6 Å². The molecule has 2 rings (SSSR count).